The fourth-order valence-electron chi connectivity index (χ4n) is 8.28. The van der Waals surface area contributed by atoms with E-state index in [9.17, 15) is 19.8 Å². The van der Waals surface area contributed by atoms with Crippen LogP contribution in [0.3, 0.4) is 0 Å². The zero-order valence-corrected chi connectivity index (χ0v) is 34.4. The van der Waals surface area contributed by atoms with Gasteiger partial charge in [-0.2, -0.15) is 5.06 Å². The molecule has 53 heavy (non-hydrogen) atoms. The number of benzene rings is 2. The van der Waals surface area contributed by atoms with Crippen LogP contribution >= 0.6 is 0 Å². The van der Waals surface area contributed by atoms with Gasteiger partial charge in [0, 0.05) is 61.0 Å². The van der Waals surface area contributed by atoms with Crippen LogP contribution in [-0.4, -0.2) is 111 Å². The third-order valence-electron chi connectivity index (χ3n) is 12.5. The van der Waals surface area contributed by atoms with E-state index >= 15 is 0 Å². The van der Waals surface area contributed by atoms with Crippen LogP contribution in [0, 0.1) is 35.0 Å². The molecule has 2 fully saturated rings. The van der Waals surface area contributed by atoms with Crippen LogP contribution in [0.1, 0.15) is 77.7 Å². The summed E-state index contributed by atoms with van der Waals surface area (Å²) < 4.78 is 6.08. The van der Waals surface area contributed by atoms with Crippen LogP contribution in [0.25, 0.3) is 11.1 Å². The minimum Gasteiger partial charge on any atom is -0.496 e. The lowest BCUT2D eigenvalue weighted by Gasteiger charge is -2.50. The lowest BCUT2D eigenvalue weighted by atomic mass is 9.58. The second-order valence-electron chi connectivity index (χ2n) is 17.1. The molecule has 2 amide bonds. The Morgan fingerprint density at radius 2 is 1.75 bits per heavy atom. The van der Waals surface area contributed by atoms with Crippen molar-refractivity contribution >= 4 is 17.5 Å². The van der Waals surface area contributed by atoms with Gasteiger partial charge in [-0.3, -0.25) is 14.4 Å². The minimum atomic E-state index is -0.909. The standard InChI is InChI=1S/C42H67N5O6/c1-24(2)35(22-45(9)10)44-40(50)31-18-30(19-32(20-31)46(11)12)33-16-14-15-29(39(33)52-13)21-47-38(37(28(6)49)36(23-48)53-47)41(51)43-34-17-25(3)42(7,8)27(5)26(34)4/h14-16,18-20,24-28,34-38,48-49H,17,21-23H2,1-13H3,(H,43,51)(H,44,50)/t25-,26+,27+,28+,34+,35-,36+,37-,38+/m1/s1. The molecule has 2 aromatic rings. The summed E-state index contributed by atoms with van der Waals surface area (Å²) in [4.78, 5) is 38.4. The van der Waals surface area contributed by atoms with Crippen LogP contribution in [0.5, 0.6) is 5.75 Å². The molecule has 1 heterocycles. The zero-order chi connectivity index (χ0) is 39.5. The average Bonchev–Trinajstić information content (AvgIpc) is 3.47. The number of hydrogen-bond acceptors (Lipinski definition) is 9. The van der Waals surface area contributed by atoms with Gasteiger partial charge in [-0.1, -0.05) is 66.7 Å². The molecular formula is C42H67N5O6. The van der Waals surface area contributed by atoms with E-state index in [0.29, 0.717) is 23.1 Å². The van der Waals surface area contributed by atoms with Gasteiger partial charge in [0.2, 0.25) is 5.91 Å². The Bertz CT molecular complexity index is 1560. The number of anilines is 1. The highest BCUT2D eigenvalue weighted by molar-refractivity contribution is 5.97. The van der Waals surface area contributed by atoms with Crippen LogP contribution in [0.2, 0.25) is 0 Å². The van der Waals surface area contributed by atoms with Crippen molar-refractivity contribution in [2.45, 2.75) is 98.7 Å². The first-order valence-corrected chi connectivity index (χ1v) is 19.3. The number of hydroxylamine groups is 2. The third kappa shape index (κ3) is 9.36. The van der Waals surface area contributed by atoms with Crippen LogP contribution in [0.15, 0.2) is 36.4 Å². The van der Waals surface area contributed by atoms with Crippen molar-refractivity contribution in [3.8, 4) is 16.9 Å². The minimum absolute atomic E-state index is 0.0272. The number of aliphatic hydroxyl groups is 2. The van der Waals surface area contributed by atoms with Gasteiger partial charge in [0.05, 0.1) is 26.4 Å². The van der Waals surface area contributed by atoms with Crippen molar-refractivity contribution in [2.75, 3.05) is 53.4 Å². The number of likely N-dealkylation sites (N-methyl/N-ethyl adjacent to an activating group) is 1. The number of ether oxygens (including phenoxy) is 1. The summed E-state index contributed by atoms with van der Waals surface area (Å²) in [5.41, 5.74) is 3.89. The molecule has 9 atom stereocenters. The van der Waals surface area contributed by atoms with Gasteiger partial charge in [0.15, 0.2) is 0 Å². The second-order valence-corrected chi connectivity index (χ2v) is 17.1. The van der Waals surface area contributed by atoms with Gasteiger partial charge in [-0.25, -0.2) is 0 Å². The number of aliphatic hydroxyl groups excluding tert-OH is 2. The summed E-state index contributed by atoms with van der Waals surface area (Å²) in [6.45, 7) is 17.7. The van der Waals surface area contributed by atoms with Gasteiger partial charge in [0.1, 0.15) is 17.9 Å². The Kier molecular flexibility index (Phi) is 14.0. The Morgan fingerprint density at radius 1 is 1.08 bits per heavy atom. The molecule has 296 valence electrons. The topological polar surface area (TPSA) is 127 Å². The molecule has 2 aromatic carbocycles. The van der Waals surface area contributed by atoms with E-state index < -0.39 is 24.2 Å². The summed E-state index contributed by atoms with van der Waals surface area (Å²) in [6, 6.07) is 10.7. The maximum Gasteiger partial charge on any atom is 0.251 e. The van der Waals surface area contributed by atoms with E-state index in [0.717, 1.165) is 35.3 Å². The number of rotatable bonds is 14. The molecule has 1 aliphatic carbocycles. The lowest BCUT2D eigenvalue weighted by molar-refractivity contribution is -0.182. The van der Waals surface area contributed by atoms with Crippen molar-refractivity contribution in [3.63, 3.8) is 0 Å². The fraction of sp³-hybridized carbons (Fsp3) is 0.667. The Morgan fingerprint density at radius 3 is 2.32 bits per heavy atom. The van der Waals surface area contributed by atoms with E-state index in [1.54, 1.807) is 19.1 Å². The quantitative estimate of drug-likeness (QED) is 0.211. The highest BCUT2D eigenvalue weighted by Crippen LogP contribution is 2.47. The first kappa shape index (κ1) is 42.5. The predicted molar refractivity (Wildman–Crippen MR) is 212 cm³/mol. The zero-order valence-electron chi connectivity index (χ0n) is 34.4. The predicted octanol–water partition coefficient (Wildman–Crippen LogP) is 5.04. The van der Waals surface area contributed by atoms with Crippen molar-refractivity contribution in [2.24, 2.45) is 35.0 Å². The summed E-state index contributed by atoms with van der Waals surface area (Å²) in [5, 5.41) is 29.5. The number of hydrogen-bond donors (Lipinski definition) is 4. The molecular weight excluding hydrogens is 670 g/mol. The summed E-state index contributed by atoms with van der Waals surface area (Å²) in [5.74, 6) is 0.862. The smallest absolute Gasteiger partial charge is 0.251 e. The summed E-state index contributed by atoms with van der Waals surface area (Å²) in [6.07, 6.45) is -0.815. The maximum absolute atomic E-state index is 14.3. The number of methoxy groups -OCH3 is 1. The molecule has 1 aliphatic heterocycles. The number of para-hydroxylation sites is 1. The van der Waals surface area contributed by atoms with Gasteiger partial charge >= 0.3 is 0 Å². The van der Waals surface area contributed by atoms with Gasteiger partial charge in [-0.15, -0.1) is 0 Å². The number of nitrogens with one attached hydrogen (secondary N) is 2. The number of nitrogens with zero attached hydrogens (tertiary/aromatic N) is 3. The molecule has 1 saturated heterocycles. The van der Waals surface area contributed by atoms with Crippen molar-refractivity contribution in [3.05, 3.63) is 47.5 Å². The van der Waals surface area contributed by atoms with Crippen LogP contribution in [-0.2, 0) is 16.2 Å². The van der Waals surface area contributed by atoms with E-state index in [4.69, 9.17) is 9.57 Å². The molecule has 0 spiro atoms. The van der Waals surface area contributed by atoms with E-state index in [2.05, 4.69) is 64.0 Å². The van der Waals surface area contributed by atoms with E-state index in [1.807, 2.05) is 69.5 Å². The van der Waals surface area contributed by atoms with E-state index in [1.165, 1.54) is 0 Å². The summed E-state index contributed by atoms with van der Waals surface area (Å²) >= 11 is 0. The molecule has 2 aliphatic rings. The van der Waals surface area contributed by atoms with Crippen molar-refractivity contribution in [1.29, 1.82) is 0 Å². The molecule has 4 rings (SSSR count). The summed E-state index contributed by atoms with van der Waals surface area (Å²) in [7, 11) is 9.50. The third-order valence-corrected chi connectivity index (χ3v) is 12.5. The van der Waals surface area contributed by atoms with Crippen molar-refractivity contribution < 1.29 is 29.4 Å². The molecule has 1 saturated carbocycles. The first-order chi connectivity index (χ1) is 24.8. The number of carbonyl (C=O) groups is 2. The van der Waals surface area contributed by atoms with E-state index in [-0.39, 0.29) is 54.3 Å². The maximum atomic E-state index is 14.3. The normalized spacial score (nSPS) is 27.1. The van der Waals surface area contributed by atoms with Crippen molar-refractivity contribution in [1.82, 2.24) is 20.6 Å². The Hall–Kier alpha value is -3.22. The average molecular weight is 738 g/mol. The number of carbonyl (C=O) groups excluding carboxylic acids is 2. The van der Waals surface area contributed by atoms with Gasteiger partial charge < -0.3 is 35.4 Å². The second kappa shape index (κ2) is 17.5. The lowest BCUT2D eigenvalue weighted by Crippen LogP contribution is -2.56. The molecule has 11 nitrogen and oxygen atoms in total. The number of amides is 2. The molecule has 0 bridgehead atoms. The monoisotopic (exact) mass is 738 g/mol. The van der Waals surface area contributed by atoms with Crippen LogP contribution < -0.4 is 20.3 Å². The Labute approximate surface area is 318 Å². The fourth-order valence-corrected chi connectivity index (χ4v) is 8.28. The molecule has 0 radical (unpaired) electrons. The molecule has 4 N–H and O–H groups in total. The molecule has 0 aromatic heterocycles. The van der Waals surface area contributed by atoms with Crippen LogP contribution in [0.4, 0.5) is 5.69 Å². The largest absolute Gasteiger partial charge is 0.496 e. The molecule has 0 unspecified atom stereocenters. The molecule has 11 heteroatoms. The first-order valence-electron chi connectivity index (χ1n) is 19.3. The van der Waals surface area contributed by atoms with Gasteiger partial charge in [0.25, 0.3) is 5.91 Å². The highest BCUT2D eigenvalue weighted by atomic mass is 16.7. The SMILES string of the molecule is COc1c(CN2O[C@@H](CO)[C@@H]([C@H](C)O)[C@H]2C(=O)N[C@H]2C[C@@H](C)C(C)(C)[C@@H](C)[C@@H]2C)cccc1-c1cc(C(=O)N[C@H](CN(C)C)C(C)C)cc(N(C)C)c1. The highest BCUT2D eigenvalue weighted by Gasteiger charge is 2.51. The Balaban J connectivity index is 1.70. The van der Waals surface area contributed by atoms with Gasteiger partial charge in [-0.05, 0) is 80.3 Å².